The average Bonchev–Trinajstić information content (AvgIpc) is 2.41. The molecule has 0 saturated heterocycles. The van der Waals surface area contributed by atoms with E-state index in [1.807, 2.05) is 0 Å². The highest BCUT2D eigenvalue weighted by Gasteiger charge is 2.26. The van der Waals surface area contributed by atoms with Crippen molar-refractivity contribution in [1.82, 2.24) is 0 Å². The molecule has 0 N–H and O–H groups in total. The van der Waals surface area contributed by atoms with Crippen molar-refractivity contribution in [1.29, 1.82) is 0 Å². The molecule has 18 heavy (non-hydrogen) atoms. The summed E-state index contributed by atoms with van der Waals surface area (Å²) in [5.41, 5.74) is 0.439. The lowest BCUT2D eigenvalue weighted by molar-refractivity contribution is -0.129. The number of rotatable bonds is 3. The molecule has 1 aromatic carbocycles. The Hall–Kier alpha value is -1.84. The quantitative estimate of drug-likeness (QED) is 0.770. The van der Waals surface area contributed by atoms with Crippen molar-refractivity contribution in [2.24, 2.45) is 0 Å². The highest BCUT2D eigenvalue weighted by molar-refractivity contribution is 5.93. The van der Waals surface area contributed by atoms with Crippen LogP contribution >= 0.6 is 0 Å². The van der Waals surface area contributed by atoms with Gasteiger partial charge in [-0.2, -0.15) is 0 Å². The zero-order valence-corrected chi connectivity index (χ0v) is 10.3. The van der Waals surface area contributed by atoms with E-state index in [9.17, 15) is 9.59 Å². The minimum Gasteiger partial charge on any atom is -0.497 e. The van der Waals surface area contributed by atoms with Gasteiger partial charge in [0.2, 0.25) is 0 Å². The first-order valence-corrected chi connectivity index (χ1v) is 6.08. The molecule has 0 aromatic heterocycles. The third kappa shape index (κ3) is 2.88. The number of hydrogen-bond donors (Lipinski definition) is 0. The Morgan fingerprint density at radius 3 is 2.56 bits per heavy atom. The third-order valence-electron chi connectivity index (χ3n) is 3.07. The maximum Gasteiger partial charge on any atom is 0.338 e. The van der Waals surface area contributed by atoms with E-state index in [1.165, 1.54) is 0 Å². The Labute approximate surface area is 106 Å². The fourth-order valence-electron chi connectivity index (χ4n) is 2.00. The molecule has 0 spiro atoms. The van der Waals surface area contributed by atoms with E-state index in [2.05, 4.69) is 0 Å². The van der Waals surface area contributed by atoms with E-state index >= 15 is 0 Å². The minimum atomic E-state index is -0.562. The van der Waals surface area contributed by atoms with Gasteiger partial charge in [-0.1, -0.05) is 0 Å². The molecule has 1 aliphatic rings. The topological polar surface area (TPSA) is 52.6 Å². The number of carbonyl (C=O) groups excluding carboxylic acids is 2. The molecule has 1 atom stereocenters. The molecule has 1 saturated carbocycles. The highest BCUT2D eigenvalue weighted by atomic mass is 16.5. The normalized spacial score (nSPS) is 19.4. The minimum absolute atomic E-state index is 0.0307. The number of esters is 1. The molecule has 96 valence electrons. The van der Waals surface area contributed by atoms with E-state index in [-0.39, 0.29) is 5.78 Å². The van der Waals surface area contributed by atoms with Crippen LogP contribution in [0.2, 0.25) is 0 Å². The predicted molar refractivity (Wildman–Crippen MR) is 65.7 cm³/mol. The first-order valence-electron chi connectivity index (χ1n) is 6.08. The summed E-state index contributed by atoms with van der Waals surface area (Å²) < 4.78 is 10.2. The smallest absolute Gasteiger partial charge is 0.338 e. The molecule has 0 bridgehead atoms. The summed E-state index contributed by atoms with van der Waals surface area (Å²) in [6.07, 6.45) is 2.43. The van der Waals surface area contributed by atoms with Crippen molar-refractivity contribution in [3.63, 3.8) is 0 Å². The molecular weight excluding hydrogens is 232 g/mol. The summed E-state index contributed by atoms with van der Waals surface area (Å²) in [7, 11) is 1.56. The Bertz CT molecular complexity index is 436. The third-order valence-corrected chi connectivity index (χ3v) is 3.07. The van der Waals surface area contributed by atoms with Crippen LogP contribution in [-0.4, -0.2) is 25.0 Å². The van der Waals surface area contributed by atoms with Crippen molar-refractivity contribution in [2.45, 2.75) is 31.8 Å². The molecule has 4 nitrogen and oxygen atoms in total. The number of carbonyl (C=O) groups is 2. The number of ether oxygens (including phenoxy) is 2. The number of hydrogen-bond acceptors (Lipinski definition) is 4. The standard InChI is InChI=1S/C14H16O4/c1-17-11-8-6-10(7-9-11)14(16)18-13-5-3-2-4-12(13)15/h6-9,13H,2-5H2,1H3. The van der Waals surface area contributed by atoms with Crippen LogP contribution in [0.4, 0.5) is 0 Å². The van der Waals surface area contributed by atoms with Gasteiger partial charge in [-0.05, 0) is 43.5 Å². The van der Waals surface area contributed by atoms with Crippen molar-refractivity contribution in [3.05, 3.63) is 29.8 Å². The molecule has 1 unspecified atom stereocenters. The van der Waals surface area contributed by atoms with E-state index in [0.29, 0.717) is 24.2 Å². The maximum atomic E-state index is 11.8. The molecule has 1 aromatic rings. The predicted octanol–water partition coefficient (Wildman–Crippen LogP) is 2.36. The van der Waals surface area contributed by atoms with Crippen LogP contribution in [0.1, 0.15) is 36.0 Å². The van der Waals surface area contributed by atoms with Crippen LogP contribution in [-0.2, 0) is 9.53 Å². The van der Waals surface area contributed by atoms with Gasteiger partial charge < -0.3 is 9.47 Å². The van der Waals surface area contributed by atoms with Crippen molar-refractivity contribution in [3.8, 4) is 5.75 Å². The second-order valence-electron chi connectivity index (χ2n) is 4.33. The second kappa shape index (κ2) is 5.67. The number of Topliss-reactive ketones (excluding diaryl/α,β-unsaturated/α-hetero) is 1. The molecule has 4 heteroatoms. The van der Waals surface area contributed by atoms with Gasteiger partial charge in [0.1, 0.15) is 5.75 Å². The summed E-state index contributed by atoms with van der Waals surface area (Å²) in [6, 6.07) is 6.65. The first-order chi connectivity index (χ1) is 8.70. The van der Waals surface area contributed by atoms with Crippen LogP contribution in [0.5, 0.6) is 5.75 Å². The van der Waals surface area contributed by atoms with E-state index < -0.39 is 12.1 Å². The summed E-state index contributed by atoms with van der Waals surface area (Å²) in [5.74, 6) is 0.265. The Balaban J connectivity index is 2.00. The first kappa shape index (κ1) is 12.6. The molecule has 2 rings (SSSR count). The fraction of sp³-hybridized carbons (Fsp3) is 0.429. The van der Waals surface area contributed by atoms with Crippen LogP contribution in [0.25, 0.3) is 0 Å². The van der Waals surface area contributed by atoms with Gasteiger partial charge in [0.05, 0.1) is 12.7 Å². The average molecular weight is 248 g/mol. The van der Waals surface area contributed by atoms with Crippen LogP contribution in [0, 0.1) is 0 Å². The lowest BCUT2D eigenvalue weighted by Crippen LogP contribution is -2.30. The highest BCUT2D eigenvalue weighted by Crippen LogP contribution is 2.19. The van der Waals surface area contributed by atoms with Gasteiger partial charge in [-0.25, -0.2) is 4.79 Å². The lowest BCUT2D eigenvalue weighted by Gasteiger charge is -2.20. The van der Waals surface area contributed by atoms with Crippen molar-refractivity contribution in [2.75, 3.05) is 7.11 Å². The van der Waals surface area contributed by atoms with E-state index in [0.717, 1.165) is 12.8 Å². The molecular formula is C14H16O4. The molecule has 0 radical (unpaired) electrons. The summed E-state index contributed by atoms with van der Waals surface area (Å²) in [5, 5.41) is 0. The molecule has 0 amide bonds. The van der Waals surface area contributed by atoms with Gasteiger partial charge in [0.15, 0.2) is 11.9 Å². The van der Waals surface area contributed by atoms with Gasteiger partial charge >= 0.3 is 5.97 Å². The van der Waals surface area contributed by atoms with Gasteiger partial charge in [0.25, 0.3) is 0 Å². The molecule has 0 aliphatic heterocycles. The van der Waals surface area contributed by atoms with E-state index in [4.69, 9.17) is 9.47 Å². The van der Waals surface area contributed by atoms with Crippen molar-refractivity contribution >= 4 is 11.8 Å². The van der Waals surface area contributed by atoms with E-state index in [1.54, 1.807) is 31.4 Å². The largest absolute Gasteiger partial charge is 0.497 e. The number of methoxy groups -OCH3 is 1. The van der Waals surface area contributed by atoms with Gasteiger partial charge in [0, 0.05) is 6.42 Å². The molecule has 0 heterocycles. The Morgan fingerprint density at radius 1 is 1.22 bits per heavy atom. The zero-order chi connectivity index (χ0) is 13.0. The molecule has 1 fully saturated rings. The number of benzene rings is 1. The van der Waals surface area contributed by atoms with Gasteiger partial charge in [-0.15, -0.1) is 0 Å². The fourth-order valence-corrected chi connectivity index (χ4v) is 2.00. The SMILES string of the molecule is COc1ccc(C(=O)OC2CCCCC2=O)cc1. The Morgan fingerprint density at radius 2 is 1.94 bits per heavy atom. The lowest BCUT2D eigenvalue weighted by atomic mass is 9.96. The van der Waals surface area contributed by atoms with Gasteiger partial charge in [-0.3, -0.25) is 4.79 Å². The summed E-state index contributed by atoms with van der Waals surface area (Å²) >= 11 is 0. The summed E-state index contributed by atoms with van der Waals surface area (Å²) in [4.78, 5) is 23.4. The summed E-state index contributed by atoms with van der Waals surface area (Å²) in [6.45, 7) is 0. The second-order valence-corrected chi connectivity index (χ2v) is 4.33. The Kier molecular flexibility index (Phi) is 3.97. The zero-order valence-electron chi connectivity index (χ0n) is 10.3. The number of ketones is 1. The van der Waals surface area contributed by atoms with Crippen LogP contribution in [0.3, 0.4) is 0 Å². The van der Waals surface area contributed by atoms with Crippen LogP contribution in [0.15, 0.2) is 24.3 Å². The van der Waals surface area contributed by atoms with Crippen molar-refractivity contribution < 1.29 is 19.1 Å². The molecule has 1 aliphatic carbocycles. The monoisotopic (exact) mass is 248 g/mol. The maximum absolute atomic E-state index is 11.8. The van der Waals surface area contributed by atoms with Crippen LogP contribution < -0.4 is 4.74 Å².